The molecule has 116 valence electrons. The summed E-state index contributed by atoms with van der Waals surface area (Å²) in [7, 11) is 0. The van der Waals surface area contributed by atoms with Gasteiger partial charge in [0.05, 0.1) is 0 Å². The summed E-state index contributed by atoms with van der Waals surface area (Å²) < 4.78 is 22.5. The van der Waals surface area contributed by atoms with Crippen molar-refractivity contribution in [1.82, 2.24) is 0 Å². The van der Waals surface area contributed by atoms with Crippen LogP contribution in [0.4, 0.5) is 0 Å². The van der Waals surface area contributed by atoms with E-state index in [0.717, 1.165) is 0 Å². The second kappa shape index (κ2) is 16.9. The number of hydrogen-bond acceptors (Lipinski definition) is 1. The molecule has 5 heteroatoms. The van der Waals surface area contributed by atoms with Crippen LogP contribution in [0.25, 0.3) is 0 Å². The monoisotopic (exact) mass is 332 g/mol. The number of carbonyl (C=O) groups is 1. The predicted molar refractivity (Wildman–Crippen MR) is 71.9 cm³/mol. The summed E-state index contributed by atoms with van der Waals surface area (Å²) in [6.45, 7) is 21.8. The molecule has 0 unspecified atom stereocenters. The molecule has 21 heavy (non-hydrogen) atoms. The first-order valence-electron chi connectivity index (χ1n) is 5.93. The summed E-state index contributed by atoms with van der Waals surface area (Å²) in [4.78, 5) is 10.9. The molecule has 0 N–H and O–H groups in total. The van der Waals surface area contributed by atoms with E-state index in [1.807, 2.05) is 6.08 Å². The van der Waals surface area contributed by atoms with Gasteiger partial charge in [-0.2, -0.15) is 0 Å². The van der Waals surface area contributed by atoms with Crippen molar-refractivity contribution in [2.75, 3.05) is 0 Å². The first-order chi connectivity index (χ1) is 9.43. The Morgan fingerprint density at radius 2 is 1.57 bits per heavy atom. The summed E-state index contributed by atoms with van der Waals surface area (Å²) in [6.07, 6.45) is 7.38. The average Bonchev–Trinajstić information content (AvgIpc) is 2.44. The van der Waals surface area contributed by atoms with Gasteiger partial charge < -0.3 is 0 Å². The number of rotatable bonds is 2. The summed E-state index contributed by atoms with van der Waals surface area (Å²) in [5.41, 5.74) is 3.05. The second-order valence-corrected chi connectivity index (χ2v) is 4.88. The van der Waals surface area contributed by atoms with Crippen molar-refractivity contribution in [3.05, 3.63) is 43.2 Å². The first kappa shape index (κ1) is 28.1. The first-order valence-corrected chi connectivity index (χ1v) is 5.93. The van der Waals surface area contributed by atoms with Gasteiger partial charge >= 0.3 is 33.9 Å². The fraction of sp³-hybridized carbons (Fsp3) is 0.500. The van der Waals surface area contributed by atoms with Crippen LogP contribution in [0.2, 0.25) is 0 Å². The zero-order valence-corrected chi connectivity index (χ0v) is 13.9. The summed E-state index contributed by atoms with van der Waals surface area (Å²) in [6, 6.07) is 0. The van der Waals surface area contributed by atoms with Crippen molar-refractivity contribution in [2.24, 2.45) is 5.41 Å². The Morgan fingerprint density at radius 3 is 1.90 bits per heavy atom. The van der Waals surface area contributed by atoms with Crippen molar-refractivity contribution in [2.45, 2.75) is 47.0 Å². The van der Waals surface area contributed by atoms with E-state index in [1.165, 1.54) is 30.4 Å². The van der Waals surface area contributed by atoms with E-state index >= 15 is 0 Å². The van der Waals surface area contributed by atoms with Crippen LogP contribution < -0.4 is 0 Å². The maximum Gasteiger partial charge on any atom is 0 e. The molecule has 0 heterocycles. The van der Waals surface area contributed by atoms with Crippen LogP contribution in [-0.4, -0.2) is 5.78 Å². The normalized spacial score (nSPS) is 14.8. The molecule has 0 spiro atoms. The third-order valence-electron chi connectivity index (χ3n) is 3.03. The van der Waals surface area contributed by atoms with Crippen LogP contribution in [0, 0.1) is 25.4 Å². The van der Waals surface area contributed by atoms with Gasteiger partial charge in [0.2, 0.25) is 0 Å². The van der Waals surface area contributed by atoms with Crippen LogP contribution in [0.15, 0.2) is 23.3 Å². The molecule has 0 aliphatic heterocycles. The Balaban J connectivity index is -0.000000183. The number of hydrogen-bond donors (Lipinski definition) is 0. The number of ketones is 1. The van der Waals surface area contributed by atoms with E-state index in [0.29, 0.717) is 0 Å². The van der Waals surface area contributed by atoms with E-state index in [1.54, 1.807) is 13.0 Å². The smallest absolute Gasteiger partial charge is 0 e. The molecule has 1 rings (SSSR count). The van der Waals surface area contributed by atoms with Gasteiger partial charge in [-0.3, -0.25) is 4.79 Å². The number of carbonyl (C=O) groups excluding carboxylic acids is 1. The molecule has 0 fully saturated rings. The molecule has 0 aromatic heterocycles. The fourth-order valence-corrected chi connectivity index (χ4v) is 2.21. The second-order valence-electron chi connectivity index (χ2n) is 4.88. The number of allylic oxidation sites excluding steroid dienone is 4. The molecule has 0 radical (unpaired) electrons. The van der Waals surface area contributed by atoms with Crippen LogP contribution in [0.1, 0.15) is 47.0 Å². The molecule has 0 aromatic carbocycles. The van der Waals surface area contributed by atoms with Crippen molar-refractivity contribution < 1.29 is 35.8 Å². The van der Waals surface area contributed by atoms with Gasteiger partial charge in [-0.25, -0.2) is 0 Å². The molecule has 1 aliphatic rings. The van der Waals surface area contributed by atoms with Crippen molar-refractivity contribution in [3.8, 4) is 0 Å². The van der Waals surface area contributed by atoms with Gasteiger partial charge in [-0.15, -0.1) is 0 Å². The van der Waals surface area contributed by atoms with Gasteiger partial charge in [0.15, 0.2) is 5.78 Å². The van der Waals surface area contributed by atoms with Gasteiger partial charge in [0.25, 0.3) is 0 Å². The average molecular weight is 332 g/mol. The van der Waals surface area contributed by atoms with Crippen LogP contribution >= 0.6 is 0 Å². The van der Waals surface area contributed by atoms with Gasteiger partial charge in [0.1, 0.15) is 0 Å². The fourth-order valence-electron chi connectivity index (χ4n) is 2.21. The topological polar surface area (TPSA) is 76.8 Å². The summed E-state index contributed by atoms with van der Waals surface area (Å²) in [5.74, 6) is 0.131. The SMILES string of the molecule is CC(=O)/C=C/C1=C(C)CCCC1(C)C.[C-]#[O+].[C-]#[O+].[C-]#[O+].[Fe]. The third-order valence-corrected chi connectivity index (χ3v) is 3.03. The van der Waals surface area contributed by atoms with Gasteiger partial charge in [-0.1, -0.05) is 25.5 Å². The van der Waals surface area contributed by atoms with E-state index in [-0.39, 0.29) is 28.3 Å². The molecule has 1 aliphatic carbocycles. The molecule has 0 saturated carbocycles. The van der Waals surface area contributed by atoms with E-state index in [2.05, 4.69) is 40.7 Å². The standard InChI is InChI=1S/C13H20O.3CO.Fe/c1-10-6-5-9-13(3,4)12(10)8-7-11(2)14;3*1-2;/h7-8H,5-6,9H2,1-4H3;;;;/b8-7+;;;;. The largest absolute Gasteiger partial charge is 0 e. The quantitative estimate of drug-likeness (QED) is 0.330. The molecule has 0 saturated heterocycles. The van der Waals surface area contributed by atoms with Crippen molar-refractivity contribution in [3.63, 3.8) is 0 Å². The Bertz CT molecular complexity index is 397. The minimum absolute atomic E-state index is 0. The maximum absolute atomic E-state index is 10.9. The van der Waals surface area contributed by atoms with E-state index in [4.69, 9.17) is 14.0 Å². The van der Waals surface area contributed by atoms with E-state index < -0.39 is 0 Å². The molecular weight excluding hydrogens is 312 g/mol. The molecule has 0 atom stereocenters. The van der Waals surface area contributed by atoms with Crippen molar-refractivity contribution in [1.29, 1.82) is 0 Å². The van der Waals surface area contributed by atoms with Crippen molar-refractivity contribution >= 4 is 5.78 Å². The van der Waals surface area contributed by atoms with E-state index in [9.17, 15) is 4.79 Å². The minimum atomic E-state index is 0. The summed E-state index contributed by atoms with van der Waals surface area (Å²) >= 11 is 0. The molecule has 0 amide bonds. The van der Waals surface area contributed by atoms with Crippen LogP contribution in [-0.2, 0) is 35.8 Å². The Hall–Kier alpha value is -1.11. The predicted octanol–water partition coefficient (Wildman–Crippen LogP) is 3.54. The molecular formula is C16H20FeO4. The zero-order chi connectivity index (χ0) is 16.8. The molecule has 0 aromatic rings. The van der Waals surface area contributed by atoms with Crippen LogP contribution in [0.3, 0.4) is 0 Å². The van der Waals surface area contributed by atoms with Gasteiger partial charge in [-0.05, 0) is 50.2 Å². The zero-order valence-electron chi connectivity index (χ0n) is 12.8. The van der Waals surface area contributed by atoms with Gasteiger partial charge in [0, 0.05) is 17.1 Å². The third kappa shape index (κ3) is 12.3. The molecule has 0 bridgehead atoms. The Kier molecular flexibility index (Phi) is 22.7. The van der Waals surface area contributed by atoms with Crippen LogP contribution in [0.5, 0.6) is 0 Å². The Labute approximate surface area is 137 Å². The summed E-state index contributed by atoms with van der Waals surface area (Å²) in [5, 5.41) is 0. The molecule has 4 nitrogen and oxygen atoms in total. The maximum atomic E-state index is 10.9. The Morgan fingerprint density at radius 1 is 1.14 bits per heavy atom. The minimum Gasteiger partial charge on any atom is 0 e.